The fraction of sp³-hybridized carbons (Fsp3) is 0.600. The van der Waals surface area contributed by atoms with Gasteiger partial charge in [0, 0.05) is 18.5 Å². The molecule has 0 bridgehead atoms. The Morgan fingerprint density at radius 2 is 2.14 bits per heavy atom. The maximum absolute atomic E-state index is 13.0. The van der Waals surface area contributed by atoms with Crippen LogP contribution in [0.15, 0.2) is 30.3 Å². The highest BCUT2D eigenvalue weighted by atomic mass is 79.9. The summed E-state index contributed by atoms with van der Waals surface area (Å²) in [5, 5.41) is 0.700. The Labute approximate surface area is 140 Å². The summed E-state index contributed by atoms with van der Waals surface area (Å²) >= 11 is 3.36. The van der Waals surface area contributed by atoms with Crippen molar-refractivity contribution in [1.29, 1.82) is 0 Å². The Bertz CT molecular complexity index is 482. The quantitative estimate of drug-likeness (QED) is 0.472. The van der Waals surface area contributed by atoms with E-state index >= 15 is 0 Å². The lowest BCUT2D eigenvalue weighted by molar-refractivity contribution is 0.0516. The van der Waals surface area contributed by atoms with Crippen LogP contribution in [0.5, 0.6) is 0 Å². The number of benzene rings is 1. The summed E-state index contributed by atoms with van der Waals surface area (Å²) in [6.45, 7) is 1.90. The maximum atomic E-state index is 13.0. The molecule has 1 fully saturated rings. The van der Waals surface area contributed by atoms with Crippen molar-refractivity contribution in [2.75, 3.05) is 32.1 Å². The smallest absolute Gasteiger partial charge is 0.376 e. The molecule has 1 aliphatic rings. The van der Waals surface area contributed by atoms with Crippen molar-refractivity contribution in [3.63, 3.8) is 0 Å². The molecule has 2 atom stereocenters. The van der Waals surface area contributed by atoms with Gasteiger partial charge in [-0.3, -0.25) is 9.05 Å². The third-order valence-electron chi connectivity index (χ3n) is 3.51. The Balaban J connectivity index is 1.95. The van der Waals surface area contributed by atoms with Gasteiger partial charge in [-0.25, -0.2) is 9.24 Å². The van der Waals surface area contributed by atoms with Gasteiger partial charge in [0.15, 0.2) is 0 Å². The molecule has 0 aromatic heterocycles. The second-order valence-electron chi connectivity index (χ2n) is 5.23. The fourth-order valence-electron chi connectivity index (χ4n) is 2.16. The summed E-state index contributed by atoms with van der Waals surface area (Å²) in [6.07, 6.45) is 1.99. The molecule has 1 aliphatic heterocycles. The number of hydrogen-bond donors (Lipinski definition) is 0. The SMILES string of the molecule is CN(CCBr)P(=O)(OCc1ccccc1)OCC1CCCO1. The summed E-state index contributed by atoms with van der Waals surface area (Å²) in [6, 6.07) is 9.68. The zero-order valence-corrected chi connectivity index (χ0v) is 15.3. The molecule has 124 valence electrons. The minimum Gasteiger partial charge on any atom is -0.376 e. The normalized spacial score (nSPS) is 21.1. The molecule has 1 aromatic rings. The van der Waals surface area contributed by atoms with Crippen LogP contribution in [-0.2, 0) is 25.0 Å². The number of rotatable bonds is 9. The lowest BCUT2D eigenvalue weighted by atomic mass is 10.2. The molecule has 0 amide bonds. The predicted octanol–water partition coefficient (Wildman–Crippen LogP) is 3.83. The molecule has 7 heteroatoms. The van der Waals surface area contributed by atoms with Crippen LogP contribution in [0.3, 0.4) is 0 Å². The fourth-order valence-corrected chi connectivity index (χ4v) is 4.45. The van der Waals surface area contributed by atoms with Crippen molar-refractivity contribution >= 4 is 23.7 Å². The van der Waals surface area contributed by atoms with Gasteiger partial charge < -0.3 is 4.74 Å². The Morgan fingerprint density at radius 1 is 1.36 bits per heavy atom. The molecule has 0 radical (unpaired) electrons. The first kappa shape index (κ1) is 18.1. The van der Waals surface area contributed by atoms with Crippen LogP contribution in [0, 0.1) is 0 Å². The molecule has 5 nitrogen and oxygen atoms in total. The van der Waals surface area contributed by atoms with Gasteiger partial charge in [-0.2, -0.15) is 0 Å². The second kappa shape index (κ2) is 9.16. The van der Waals surface area contributed by atoms with Crippen LogP contribution in [-0.4, -0.2) is 42.9 Å². The first-order valence-electron chi connectivity index (χ1n) is 7.46. The number of ether oxygens (including phenoxy) is 1. The van der Waals surface area contributed by atoms with E-state index in [1.54, 1.807) is 11.7 Å². The van der Waals surface area contributed by atoms with E-state index in [1.165, 1.54) is 0 Å². The zero-order valence-electron chi connectivity index (χ0n) is 12.8. The maximum Gasteiger partial charge on any atom is 0.408 e. The summed E-state index contributed by atoms with van der Waals surface area (Å²) in [5.41, 5.74) is 0.968. The number of alkyl halides is 1. The van der Waals surface area contributed by atoms with Crippen molar-refractivity contribution < 1.29 is 18.3 Å². The van der Waals surface area contributed by atoms with Gasteiger partial charge in [0.1, 0.15) is 0 Å². The number of nitrogens with zero attached hydrogens (tertiary/aromatic N) is 1. The third-order valence-corrected chi connectivity index (χ3v) is 5.83. The molecule has 2 rings (SSSR count). The van der Waals surface area contributed by atoms with Crippen molar-refractivity contribution in [2.45, 2.75) is 25.6 Å². The van der Waals surface area contributed by atoms with Gasteiger partial charge in [-0.05, 0) is 25.5 Å². The van der Waals surface area contributed by atoms with Crippen LogP contribution < -0.4 is 0 Å². The van der Waals surface area contributed by atoms with Crippen molar-refractivity contribution in [3.05, 3.63) is 35.9 Å². The Hall–Kier alpha value is -0.230. The average Bonchev–Trinajstić information content (AvgIpc) is 3.06. The van der Waals surface area contributed by atoms with Crippen LogP contribution in [0.4, 0.5) is 0 Å². The highest BCUT2D eigenvalue weighted by molar-refractivity contribution is 9.09. The third kappa shape index (κ3) is 5.44. The van der Waals surface area contributed by atoms with Crippen LogP contribution in [0.25, 0.3) is 0 Å². The zero-order chi connectivity index (χ0) is 15.8. The summed E-state index contributed by atoms with van der Waals surface area (Å²) < 4.78 is 31.5. The number of hydrogen-bond acceptors (Lipinski definition) is 4. The standard InChI is InChI=1S/C15H23BrNO4P/c1-17(10-9-16)22(18,21-13-15-8-5-11-19-15)20-12-14-6-3-2-4-7-14/h2-4,6-7,15H,5,8-13H2,1H3. The van der Waals surface area contributed by atoms with E-state index in [-0.39, 0.29) is 12.7 Å². The van der Waals surface area contributed by atoms with E-state index < -0.39 is 7.75 Å². The van der Waals surface area contributed by atoms with Gasteiger partial charge >= 0.3 is 7.75 Å². The minimum atomic E-state index is -3.32. The van der Waals surface area contributed by atoms with Crippen LogP contribution in [0.1, 0.15) is 18.4 Å². The largest absolute Gasteiger partial charge is 0.408 e. The average molecular weight is 392 g/mol. The monoisotopic (exact) mass is 391 g/mol. The summed E-state index contributed by atoms with van der Waals surface area (Å²) in [7, 11) is -1.57. The molecular formula is C15H23BrNO4P. The van der Waals surface area contributed by atoms with Crippen LogP contribution in [0.2, 0.25) is 0 Å². The highest BCUT2D eigenvalue weighted by Crippen LogP contribution is 2.52. The van der Waals surface area contributed by atoms with Crippen molar-refractivity contribution in [2.24, 2.45) is 0 Å². The predicted molar refractivity (Wildman–Crippen MR) is 90.2 cm³/mol. The minimum absolute atomic E-state index is 0.0195. The van der Waals surface area contributed by atoms with E-state index in [0.29, 0.717) is 18.5 Å². The van der Waals surface area contributed by atoms with E-state index in [4.69, 9.17) is 13.8 Å². The molecule has 1 aromatic carbocycles. The van der Waals surface area contributed by atoms with E-state index in [1.807, 2.05) is 30.3 Å². The van der Waals surface area contributed by atoms with E-state index in [2.05, 4.69) is 15.9 Å². The second-order valence-corrected chi connectivity index (χ2v) is 8.16. The Kier molecular flexibility index (Phi) is 7.54. The number of halogens is 1. The van der Waals surface area contributed by atoms with E-state index in [9.17, 15) is 4.57 Å². The lowest BCUT2D eigenvalue weighted by Crippen LogP contribution is -2.23. The van der Waals surface area contributed by atoms with Crippen LogP contribution >= 0.6 is 23.7 Å². The van der Waals surface area contributed by atoms with E-state index in [0.717, 1.165) is 25.0 Å². The molecule has 1 heterocycles. The summed E-state index contributed by atoms with van der Waals surface area (Å²) in [5.74, 6) is 0. The molecular weight excluding hydrogens is 369 g/mol. The lowest BCUT2D eigenvalue weighted by Gasteiger charge is -2.27. The first-order chi connectivity index (χ1) is 10.6. The molecule has 0 saturated carbocycles. The molecule has 2 unspecified atom stereocenters. The van der Waals surface area contributed by atoms with Gasteiger partial charge in [0.2, 0.25) is 0 Å². The van der Waals surface area contributed by atoms with Crippen molar-refractivity contribution in [1.82, 2.24) is 4.67 Å². The summed E-state index contributed by atoms with van der Waals surface area (Å²) in [4.78, 5) is 0. The first-order valence-corrected chi connectivity index (χ1v) is 10.1. The highest BCUT2D eigenvalue weighted by Gasteiger charge is 2.32. The molecule has 0 spiro atoms. The molecule has 1 saturated heterocycles. The van der Waals surface area contributed by atoms with Gasteiger partial charge in [-0.1, -0.05) is 46.3 Å². The molecule has 0 N–H and O–H groups in total. The Morgan fingerprint density at radius 3 is 2.77 bits per heavy atom. The topological polar surface area (TPSA) is 48.0 Å². The molecule has 22 heavy (non-hydrogen) atoms. The van der Waals surface area contributed by atoms with Crippen molar-refractivity contribution in [3.8, 4) is 0 Å². The van der Waals surface area contributed by atoms with Gasteiger partial charge in [0.25, 0.3) is 0 Å². The van der Waals surface area contributed by atoms with Gasteiger partial charge in [0.05, 0.1) is 19.3 Å². The molecule has 0 aliphatic carbocycles. The van der Waals surface area contributed by atoms with Gasteiger partial charge in [-0.15, -0.1) is 0 Å².